The van der Waals surface area contributed by atoms with Gasteiger partial charge in [-0.25, -0.2) is 0 Å². The number of aromatic nitrogens is 1. The number of nitriles is 1. The van der Waals surface area contributed by atoms with Crippen LogP contribution in [0.25, 0.3) is 0 Å². The fourth-order valence-electron chi connectivity index (χ4n) is 1.24. The quantitative estimate of drug-likeness (QED) is 0.714. The van der Waals surface area contributed by atoms with Crippen LogP contribution in [-0.4, -0.2) is 24.7 Å². The van der Waals surface area contributed by atoms with E-state index in [1.54, 1.807) is 19.1 Å². The molecular weight excluding hydrogens is 208 g/mol. The first-order chi connectivity index (χ1) is 7.74. The highest BCUT2D eigenvalue weighted by atomic mass is 16.5. The van der Waals surface area contributed by atoms with Crippen LogP contribution in [0.4, 0.5) is 0 Å². The molecule has 0 aliphatic rings. The third-order valence-corrected chi connectivity index (χ3v) is 1.94. The molecule has 0 aliphatic heterocycles. The van der Waals surface area contributed by atoms with Gasteiger partial charge in [-0.2, -0.15) is 5.26 Å². The third kappa shape index (κ3) is 2.48. The van der Waals surface area contributed by atoms with E-state index in [-0.39, 0.29) is 12.3 Å². The van der Waals surface area contributed by atoms with E-state index in [1.165, 1.54) is 13.3 Å². The Bertz CT molecular complexity index is 412. The molecule has 1 rings (SSSR count). The molecule has 0 aliphatic carbocycles. The van der Waals surface area contributed by atoms with Gasteiger partial charge in [-0.3, -0.25) is 9.78 Å². The fourth-order valence-corrected chi connectivity index (χ4v) is 1.24. The van der Waals surface area contributed by atoms with Crippen molar-refractivity contribution in [3.8, 4) is 11.8 Å². The Morgan fingerprint density at radius 3 is 3.00 bits per heavy atom. The number of rotatable bonds is 4. The number of esters is 1. The van der Waals surface area contributed by atoms with E-state index in [0.29, 0.717) is 5.75 Å². The molecule has 0 aromatic carbocycles. The second-order valence-corrected chi connectivity index (χ2v) is 2.91. The summed E-state index contributed by atoms with van der Waals surface area (Å²) >= 11 is 0. The molecule has 1 atom stereocenters. The van der Waals surface area contributed by atoms with Crippen molar-refractivity contribution in [2.24, 2.45) is 0 Å². The average Bonchev–Trinajstić information content (AvgIpc) is 2.31. The second kappa shape index (κ2) is 5.71. The minimum atomic E-state index is -1.05. The summed E-state index contributed by atoms with van der Waals surface area (Å²) in [5, 5.41) is 8.95. The number of hydrogen-bond donors (Lipinski definition) is 0. The first-order valence-electron chi connectivity index (χ1n) is 4.79. The zero-order valence-corrected chi connectivity index (χ0v) is 9.14. The Kier molecular flexibility index (Phi) is 4.28. The van der Waals surface area contributed by atoms with Gasteiger partial charge in [0.15, 0.2) is 5.92 Å². The molecular formula is C11H12N2O3. The van der Waals surface area contributed by atoms with E-state index in [9.17, 15) is 4.79 Å². The van der Waals surface area contributed by atoms with Crippen molar-refractivity contribution in [2.45, 2.75) is 12.8 Å². The Morgan fingerprint density at radius 2 is 2.44 bits per heavy atom. The maximum absolute atomic E-state index is 11.5. The molecule has 1 unspecified atom stereocenters. The maximum Gasteiger partial charge on any atom is 0.329 e. The predicted molar refractivity (Wildman–Crippen MR) is 55.8 cm³/mol. The van der Waals surface area contributed by atoms with Crippen LogP contribution in [0.3, 0.4) is 0 Å². The van der Waals surface area contributed by atoms with Crippen molar-refractivity contribution >= 4 is 5.97 Å². The number of nitrogens with zero attached hydrogens (tertiary/aromatic N) is 2. The second-order valence-electron chi connectivity index (χ2n) is 2.91. The lowest BCUT2D eigenvalue weighted by Gasteiger charge is -2.10. The van der Waals surface area contributed by atoms with Gasteiger partial charge >= 0.3 is 5.97 Å². The van der Waals surface area contributed by atoms with E-state index in [4.69, 9.17) is 14.7 Å². The molecule has 16 heavy (non-hydrogen) atoms. The van der Waals surface area contributed by atoms with Crippen LogP contribution in [0.5, 0.6) is 5.75 Å². The fraction of sp³-hybridized carbons (Fsp3) is 0.364. The van der Waals surface area contributed by atoms with E-state index in [0.717, 1.165) is 0 Å². The van der Waals surface area contributed by atoms with Crippen molar-refractivity contribution in [3.05, 3.63) is 24.0 Å². The Balaban J connectivity index is 3.04. The number of methoxy groups -OCH3 is 1. The number of carbonyl (C=O) groups excluding carboxylic acids is 1. The number of pyridine rings is 1. The lowest BCUT2D eigenvalue weighted by atomic mass is 10.1. The molecule has 5 nitrogen and oxygen atoms in total. The molecule has 0 fully saturated rings. The van der Waals surface area contributed by atoms with Gasteiger partial charge in [0, 0.05) is 6.20 Å². The first kappa shape index (κ1) is 12.0. The van der Waals surface area contributed by atoms with E-state index in [2.05, 4.69) is 4.98 Å². The van der Waals surface area contributed by atoms with Gasteiger partial charge in [0.1, 0.15) is 11.4 Å². The zero-order chi connectivity index (χ0) is 12.0. The number of ether oxygens (including phenoxy) is 2. The van der Waals surface area contributed by atoms with Gasteiger partial charge in [0.25, 0.3) is 0 Å². The molecule has 1 heterocycles. The van der Waals surface area contributed by atoms with Crippen LogP contribution in [0.1, 0.15) is 18.5 Å². The first-order valence-corrected chi connectivity index (χ1v) is 4.79. The summed E-state index contributed by atoms with van der Waals surface area (Å²) in [6, 6.07) is 5.17. The summed E-state index contributed by atoms with van der Waals surface area (Å²) in [5.74, 6) is -1.25. The Labute approximate surface area is 93.6 Å². The van der Waals surface area contributed by atoms with Gasteiger partial charge in [-0.05, 0) is 19.1 Å². The minimum Gasteiger partial charge on any atom is -0.495 e. The summed E-state index contributed by atoms with van der Waals surface area (Å²) in [5.41, 5.74) is 0.283. The average molecular weight is 220 g/mol. The minimum absolute atomic E-state index is 0.228. The van der Waals surface area contributed by atoms with Crippen molar-refractivity contribution < 1.29 is 14.3 Å². The predicted octanol–water partition coefficient (Wildman–Crippen LogP) is 1.26. The highest BCUT2D eigenvalue weighted by Gasteiger charge is 2.26. The SMILES string of the molecule is CCOC(=O)C(C#N)c1ncccc1OC. The van der Waals surface area contributed by atoms with Crippen molar-refractivity contribution in [1.82, 2.24) is 4.98 Å². The number of carbonyl (C=O) groups is 1. The standard InChI is InChI=1S/C11H12N2O3/c1-3-16-11(14)8(7-12)10-9(15-2)5-4-6-13-10/h4-6,8H,3H2,1-2H3. The maximum atomic E-state index is 11.5. The van der Waals surface area contributed by atoms with Crippen LogP contribution < -0.4 is 4.74 Å². The monoisotopic (exact) mass is 220 g/mol. The summed E-state index contributed by atoms with van der Waals surface area (Å²) in [6.07, 6.45) is 1.50. The largest absolute Gasteiger partial charge is 0.495 e. The molecule has 0 bridgehead atoms. The zero-order valence-electron chi connectivity index (χ0n) is 9.14. The topological polar surface area (TPSA) is 72.2 Å². The van der Waals surface area contributed by atoms with Crippen molar-refractivity contribution in [3.63, 3.8) is 0 Å². The van der Waals surface area contributed by atoms with Gasteiger partial charge in [-0.15, -0.1) is 0 Å². The van der Waals surface area contributed by atoms with Gasteiger partial charge < -0.3 is 9.47 Å². The highest BCUT2D eigenvalue weighted by molar-refractivity contribution is 5.81. The molecule has 0 saturated heterocycles. The van der Waals surface area contributed by atoms with Crippen LogP contribution in [0, 0.1) is 11.3 Å². The normalized spacial score (nSPS) is 11.3. The molecule has 1 aromatic rings. The van der Waals surface area contributed by atoms with E-state index < -0.39 is 11.9 Å². The summed E-state index contributed by atoms with van der Waals surface area (Å²) in [6.45, 7) is 1.91. The van der Waals surface area contributed by atoms with E-state index >= 15 is 0 Å². The van der Waals surface area contributed by atoms with Crippen LogP contribution in [-0.2, 0) is 9.53 Å². The molecule has 0 amide bonds. The van der Waals surface area contributed by atoms with Crippen LogP contribution >= 0.6 is 0 Å². The Morgan fingerprint density at radius 1 is 1.69 bits per heavy atom. The highest BCUT2D eigenvalue weighted by Crippen LogP contribution is 2.24. The van der Waals surface area contributed by atoms with Crippen molar-refractivity contribution in [2.75, 3.05) is 13.7 Å². The summed E-state index contributed by atoms with van der Waals surface area (Å²) in [4.78, 5) is 15.5. The lowest BCUT2D eigenvalue weighted by Crippen LogP contribution is -2.16. The molecule has 1 aromatic heterocycles. The molecule has 5 heteroatoms. The van der Waals surface area contributed by atoms with Crippen LogP contribution in [0.2, 0.25) is 0 Å². The molecule has 0 N–H and O–H groups in total. The van der Waals surface area contributed by atoms with Gasteiger partial charge in [0.05, 0.1) is 19.8 Å². The van der Waals surface area contributed by atoms with Gasteiger partial charge in [0.2, 0.25) is 0 Å². The third-order valence-electron chi connectivity index (χ3n) is 1.94. The lowest BCUT2D eigenvalue weighted by molar-refractivity contribution is -0.143. The van der Waals surface area contributed by atoms with Crippen molar-refractivity contribution in [1.29, 1.82) is 5.26 Å². The molecule has 84 valence electrons. The molecule has 0 radical (unpaired) electrons. The molecule has 0 spiro atoms. The summed E-state index contributed by atoms with van der Waals surface area (Å²) < 4.78 is 9.83. The molecule has 0 saturated carbocycles. The van der Waals surface area contributed by atoms with E-state index in [1.807, 2.05) is 6.07 Å². The smallest absolute Gasteiger partial charge is 0.329 e. The van der Waals surface area contributed by atoms with Crippen LogP contribution in [0.15, 0.2) is 18.3 Å². The number of hydrogen-bond acceptors (Lipinski definition) is 5. The Hall–Kier alpha value is -2.09. The van der Waals surface area contributed by atoms with Gasteiger partial charge in [-0.1, -0.05) is 0 Å². The summed E-state index contributed by atoms with van der Waals surface area (Å²) in [7, 11) is 1.46.